The summed E-state index contributed by atoms with van der Waals surface area (Å²) in [6, 6.07) is 7.94. The minimum atomic E-state index is 0.162. The Morgan fingerprint density at radius 3 is 2.41 bits per heavy atom. The predicted molar refractivity (Wildman–Crippen MR) is 72.6 cm³/mol. The Morgan fingerprint density at radius 1 is 1.35 bits per heavy atom. The normalized spacial score (nSPS) is 15.1. The van der Waals surface area contributed by atoms with E-state index in [1.807, 2.05) is 29.2 Å². The van der Waals surface area contributed by atoms with Crippen molar-refractivity contribution >= 4 is 18.5 Å². The summed E-state index contributed by atoms with van der Waals surface area (Å²) in [5, 5.41) is 0. The van der Waals surface area contributed by atoms with Crippen LogP contribution in [0.3, 0.4) is 0 Å². The van der Waals surface area contributed by atoms with Crippen LogP contribution in [0, 0.1) is 5.92 Å². The smallest absolute Gasteiger partial charge is 0.254 e. The summed E-state index contributed by atoms with van der Waals surface area (Å²) in [7, 11) is 0. The number of carbonyl (C=O) groups is 1. The van der Waals surface area contributed by atoms with Crippen LogP contribution in [-0.4, -0.2) is 23.4 Å². The van der Waals surface area contributed by atoms with E-state index in [-0.39, 0.29) is 5.91 Å². The van der Waals surface area contributed by atoms with Crippen molar-refractivity contribution in [2.24, 2.45) is 5.92 Å². The lowest BCUT2D eigenvalue weighted by Gasteiger charge is -2.24. The first-order valence-electron chi connectivity index (χ1n) is 6.18. The molecule has 0 heterocycles. The summed E-state index contributed by atoms with van der Waals surface area (Å²) in [5.41, 5.74) is 0.773. The predicted octanol–water partition coefficient (Wildman–Crippen LogP) is 3.24. The monoisotopic (exact) mass is 249 g/mol. The molecule has 0 spiro atoms. The highest BCUT2D eigenvalue weighted by Gasteiger charge is 2.33. The minimum Gasteiger partial charge on any atom is -0.335 e. The molecule has 17 heavy (non-hydrogen) atoms. The van der Waals surface area contributed by atoms with Crippen molar-refractivity contribution in [3.05, 3.63) is 29.8 Å². The Kier molecular flexibility index (Phi) is 3.77. The fraction of sp³-hybridized carbons (Fsp3) is 0.500. The summed E-state index contributed by atoms with van der Waals surface area (Å²) in [6.07, 6.45) is 2.31. The Balaban J connectivity index is 2.12. The second-order valence-corrected chi connectivity index (χ2v) is 5.65. The number of nitrogens with zero attached hydrogens (tertiary/aromatic N) is 1. The van der Waals surface area contributed by atoms with E-state index in [1.54, 1.807) is 0 Å². The van der Waals surface area contributed by atoms with Gasteiger partial charge < -0.3 is 4.90 Å². The van der Waals surface area contributed by atoms with Crippen LogP contribution in [0.5, 0.6) is 0 Å². The molecule has 1 saturated carbocycles. The molecule has 0 saturated heterocycles. The van der Waals surface area contributed by atoms with Crippen molar-refractivity contribution in [3.8, 4) is 0 Å². The van der Waals surface area contributed by atoms with E-state index in [4.69, 9.17) is 0 Å². The van der Waals surface area contributed by atoms with Gasteiger partial charge in [-0.1, -0.05) is 13.8 Å². The van der Waals surface area contributed by atoms with Crippen LogP contribution in [-0.2, 0) is 0 Å². The first kappa shape index (κ1) is 12.5. The van der Waals surface area contributed by atoms with Gasteiger partial charge in [0.15, 0.2) is 0 Å². The summed E-state index contributed by atoms with van der Waals surface area (Å²) in [4.78, 5) is 15.3. The molecular weight excluding hydrogens is 230 g/mol. The number of hydrogen-bond acceptors (Lipinski definition) is 2. The fourth-order valence-corrected chi connectivity index (χ4v) is 2.10. The third-order valence-corrected chi connectivity index (χ3v) is 3.22. The molecule has 0 aliphatic heterocycles. The Hall–Kier alpha value is -0.960. The number of carbonyl (C=O) groups excluding carboxylic acids is 1. The molecule has 3 heteroatoms. The van der Waals surface area contributed by atoms with Gasteiger partial charge in [0.1, 0.15) is 0 Å². The third kappa shape index (κ3) is 3.25. The molecule has 0 bridgehead atoms. The maximum Gasteiger partial charge on any atom is 0.254 e. The fourth-order valence-electron chi connectivity index (χ4n) is 1.95. The molecule has 0 unspecified atom stereocenters. The molecule has 0 aromatic heterocycles. The molecule has 2 nitrogen and oxygen atoms in total. The number of benzene rings is 1. The maximum absolute atomic E-state index is 12.4. The molecule has 1 aromatic carbocycles. The van der Waals surface area contributed by atoms with Gasteiger partial charge in [0.25, 0.3) is 5.91 Å². The Morgan fingerprint density at radius 2 is 1.94 bits per heavy atom. The molecule has 2 rings (SSSR count). The van der Waals surface area contributed by atoms with Crippen LogP contribution in [0.1, 0.15) is 37.0 Å². The van der Waals surface area contributed by atoms with Crippen molar-refractivity contribution in [3.63, 3.8) is 0 Å². The number of amides is 1. The van der Waals surface area contributed by atoms with Crippen molar-refractivity contribution in [1.82, 2.24) is 4.90 Å². The van der Waals surface area contributed by atoms with Gasteiger partial charge >= 0.3 is 0 Å². The molecule has 1 aliphatic rings. The van der Waals surface area contributed by atoms with E-state index in [2.05, 4.69) is 26.5 Å². The largest absolute Gasteiger partial charge is 0.335 e. The SMILES string of the molecule is CC(C)CN(C(=O)c1ccc(S)cc1)C1CC1. The topological polar surface area (TPSA) is 20.3 Å². The molecule has 1 amide bonds. The molecule has 1 fully saturated rings. The van der Waals surface area contributed by atoms with E-state index < -0.39 is 0 Å². The second kappa shape index (κ2) is 5.13. The van der Waals surface area contributed by atoms with E-state index in [0.717, 1.165) is 29.8 Å². The maximum atomic E-state index is 12.4. The summed E-state index contributed by atoms with van der Waals surface area (Å²) in [5.74, 6) is 0.679. The first-order valence-corrected chi connectivity index (χ1v) is 6.62. The average molecular weight is 249 g/mol. The highest BCUT2D eigenvalue weighted by Crippen LogP contribution is 2.29. The zero-order valence-electron chi connectivity index (χ0n) is 10.4. The molecule has 92 valence electrons. The van der Waals surface area contributed by atoms with Crippen LogP contribution < -0.4 is 0 Å². The van der Waals surface area contributed by atoms with Gasteiger partial charge in [0.05, 0.1) is 0 Å². The standard InChI is InChI=1S/C14H19NOS/c1-10(2)9-15(12-5-6-12)14(16)11-3-7-13(17)8-4-11/h3-4,7-8,10,12,17H,5-6,9H2,1-2H3. The molecular formula is C14H19NOS. The highest BCUT2D eigenvalue weighted by atomic mass is 32.1. The number of rotatable bonds is 4. The zero-order valence-corrected chi connectivity index (χ0v) is 11.3. The number of hydrogen-bond donors (Lipinski definition) is 1. The molecule has 1 aliphatic carbocycles. The third-order valence-electron chi connectivity index (χ3n) is 2.92. The van der Waals surface area contributed by atoms with Gasteiger partial charge in [0, 0.05) is 23.0 Å². The van der Waals surface area contributed by atoms with Gasteiger partial charge in [-0.2, -0.15) is 0 Å². The van der Waals surface area contributed by atoms with Crippen molar-refractivity contribution < 1.29 is 4.79 Å². The minimum absolute atomic E-state index is 0.162. The lowest BCUT2D eigenvalue weighted by molar-refractivity contribution is 0.0722. The number of thiol groups is 1. The first-order chi connectivity index (χ1) is 8.08. The summed E-state index contributed by atoms with van der Waals surface area (Å²) < 4.78 is 0. The molecule has 0 atom stereocenters. The van der Waals surface area contributed by atoms with E-state index >= 15 is 0 Å². The van der Waals surface area contributed by atoms with E-state index in [9.17, 15) is 4.79 Å². The summed E-state index contributed by atoms with van der Waals surface area (Å²) in [6.45, 7) is 5.16. The van der Waals surface area contributed by atoms with Crippen LogP contribution in [0.2, 0.25) is 0 Å². The van der Waals surface area contributed by atoms with Crippen molar-refractivity contribution in [2.45, 2.75) is 37.6 Å². The van der Waals surface area contributed by atoms with E-state index in [0.29, 0.717) is 12.0 Å². The van der Waals surface area contributed by atoms with Gasteiger partial charge in [-0.05, 0) is 43.0 Å². The lowest BCUT2D eigenvalue weighted by Crippen LogP contribution is -2.36. The van der Waals surface area contributed by atoms with Crippen LogP contribution in [0.4, 0.5) is 0 Å². The molecule has 1 aromatic rings. The Labute approximate surface area is 108 Å². The molecule has 0 N–H and O–H groups in total. The van der Waals surface area contributed by atoms with Gasteiger partial charge in [0.2, 0.25) is 0 Å². The van der Waals surface area contributed by atoms with Crippen LogP contribution >= 0.6 is 12.6 Å². The Bertz CT molecular complexity index is 395. The quantitative estimate of drug-likeness (QED) is 0.812. The average Bonchev–Trinajstić information content (AvgIpc) is 3.09. The van der Waals surface area contributed by atoms with Gasteiger partial charge in [-0.3, -0.25) is 4.79 Å². The van der Waals surface area contributed by atoms with Gasteiger partial charge in [-0.25, -0.2) is 0 Å². The van der Waals surface area contributed by atoms with Gasteiger partial charge in [-0.15, -0.1) is 12.6 Å². The second-order valence-electron chi connectivity index (χ2n) is 5.13. The lowest BCUT2D eigenvalue weighted by atomic mass is 10.1. The van der Waals surface area contributed by atoms with Crippen molar-refractivity contribution in [2.75, 3.05) is 6.54 Å². The van der Waals surface area contributed by atoms with Crippen LogP contribution in [0.15, 0.2) is 29.2 Å². The van der Waals surface area contributed by atoms with Crippen LogP contribution in [0.25, 0.3) is 0 Å². The summed E-state index contributed by atoms with van der Waals surface area (Å²) >= 11 is 4.24. The van der Waals surface area contributed by atoms with Crippen molar-refractivity contribution in [1.29, 1.82) is 0 Å². The highest BCUT2D eigenvalue weighted by molar-refractivity contribution is 7.80. The molecule has 0 radical (unpaired) electrons. The van der Waals surface area contributed by atoms with E-state index in [1.165, 1.54) is 0 Å². The zero-order chi connectivity index (χ0) is 12.4.